The lowest BCUT2D eigenvalue weighted by Crippen LogP contribution is -2.50. The van der Waals surface area contributed by atoms with Crippen LogP contribution >= 0.6 is 0 Å². The molecule has 0 aliphatic carbocycles. The number of aromatic nitrogens is 1. The molecule has 0 saturated carbocycles. The van der Waals surface area contributed by atoms with Gasteiger partial charge in [0.05, 0.1) is 5.92 Å². The van der Waals surface area contributed by atoms with Crippen LogP contribution in [-0.4, -0.2) is 48.0 Å². The number of hydrogen-bond acceptors (Lipinski definition) is 4. The Morgan fingerprint density at radius 3 is 3.00 bits per heavy atom. The van der Waals surface area contributed by atoms with E-state index in [1.165, 1.54) is 12.8 Å². The van der Waals surface area contributed by atoms with Crippen molar-refractivity contribution in [2.75, 3.05) is 26.2 Å². The maximum absolute atomic E-state index is 12.4. The minimum absolute atomic E-state index is 0.139. The van der Waals surface area contributed by atoms with Gasteiger partial charge in [-0.3, -0.25) is 14.7 Å². The highest BCUT2D eigenvalue weighted by Crippen LogP contribution is 2.22. The summed E-state index contributed by atoms with van der Waals surface area (Å²) in [6, 6.07) is 4.56. The molecule has 0 radical (unpaired) electrons. The van der Waals surface area contributed by atoms with Crippen molar-refractivity contribution >= 4 is 5.91 Å². The Morgan fingerprint density at radius 1 is 1.36 bits per heavy atom. The van der Waals surface area contributed by atoms with Gasteiger partial charge in [-0.2, -0.15) is 0 Å². The maximum Gasteiger partial charge on any atom is 0.224 e. The predicted molar refractivity (Wildman–Crippen MR) is 86.3 cm³/mol. The van der Waals surface area contributed by atoms with Crippen LogP contribution in [0.15, 0.2) is 24.5 Å². The molecule has 0 bridgehead atoms. The molecule has 0 spiro atoms. The highest BCUT2D eigenvalue weighted by Gasteiger charge is 2.30. The fraction of sp³-hybridized carbons (Fsp3) is 0.647. The summed E-state index contributed by atoms with van der Waals surface area (Å²) in [4.78, 5) is 19.1. The van der Waals surface area contributed by atoms with Crippen molar-refractivity contribution in [2.24, 2.45) is 5.92 Å². The summed E-state index contributed by atoms with van der Waals surface area (Å²) < 4.78 is 0. The smallest absolute Gasteiger partial charge is 0.224 e. The monoisotopic (exact) mass is 302 g/mol. The van der Waals surface area contributed by atoms with Gasteiger partial charge in [-0.15, -0.1) is 0 Å². The van der Waals surface area contributed by atoms with Gasteiger partial charge in [-0.25, -0.2) is 0 Å². The van der Waals surface area contributed by atoms with E-state index in [2.05, 4.69) is 20.5 Å². The van der Waals surface area contributed by atoms with Crippen LogP contribution in [0.2, 0.25) is 0 Å². The SMILES string of the molecule is O=C(NCc1cccnc1)[C@H]1CCCN(C2CCNCC2)C1. The second-order valence-corrected chi connectivity index (χ2v) is 6.39. The zero-order valence-corrected chi connectivity index (χ0v) is 13.1. The summed E-state index contributed by atoms with van der Waals surface area (Å²) >= 11 is 0. The molecule has 2 aliphatic rings. The minimum Gasteiger partial charge on any atom is -0.352 e. The Labute approximate surface area is 132 Å². The molecule has 1 atom stereocenters. The summed E-state index contributed by atoms with van der Waals surface area (Å²) in [6.45, 7) is 4.87. The lowest BCUT2D eigenvalue weighted by atomic mass is 9.93. The van der Waals surface area contributed by atoms with Crippen LogP contribution in [-0.2, 0) is 11.3 Å². The zero-order chi connectivity index (χ0) is 15.2. The number of carbonyl (C=O) groups is 1. The van der Waals surface area contributed by atoms with Crippen molar-refractivity contribution in [1.82, 2.24) is 20.5 Å². The van der Waals surface area contributed by atoms with Crippen molar-refractivity contribution in [3.8, 4) is 0 Å². The molecular weight excluding hydrogens is 276 g/mol. The molecule has 0 aromatic carbocycles. The molecule has 5 nitrogen and oxygen atoms in total. The third-order valence-electron chi connectivity index (χ3n) is 4.84. The van der Waals surface area contributed by atoms with E-state index in [9.17, 15) is 4.79 Å². The molecule has 2 fully saturated rings. The van der Waals surface area contributed by atoms with Crippen LogP contribution in [0, 0.1) is 5.92 Å². The molecule has 1 aromatic rings. The fourth-order valence-corrected chi connectivity index (χ4v) is 3.56. The highest BCUT2D eigenvalue weighted by atomic mass is 16.1. The van der Waals surface area contributed by atoms with Crippen molar-refractivity contribution in [1.29, 1.82) is 0 Å². The van der Waals surface area contributed by atoms with Crippen LogP contribution in [0.25, 0.3) is 0 Å². The third kappa shape index (κ3) is 4.05. The van der Waals surface area contributed by atoms with Gasteiger partial charge in [0.2, 0.25) is 5.91 Å². The molecule has 3 heterocycles. The molecule has 1 aromatic heterocycles. The van der Waals surface area contributed by atoms with Gasteiger partial charge in [0.1, 0.15) is 0 Å². The largest absolute Gasteiger partial charge is 0.352 e. The van der Waals surface area contributed by atoms with Gasteiger partial charge in [0, 0.05) is 31.5 Å². The number of hydrogen-bond donors (Lipinski definition) is 2. The predicted octanol–water partition coefficient (Wildman–Crippen LogP) is 1.16. The van der Waals surface area contributed by atoms with Crippen LogP contribution in [0.1, 0.15) is 31.2 Å². The first-order valence-corrected chi connectivity index (χ1v) is 8.44. The maximum atomic E-state index is 12.4. The van der Waals surface area contributed by atoms with Crippen LogP contribution in [0.4, 0.5) is 0 Å². The number of piperidine rings is 2. The summed E-state index contributed by atoms with van der Waals surface area (Å²) in [5.74, 6) is 0.336. The van der Waals surface area contributed by atoms with Gasteiger partial charge in [0.25, 0.3) is 0 Å². The Bertz CT molecular complexity index is 473. The van der Waals surface area contributed by atoms with Crippen molar-refractivity contribution in [2.45, 2.75) is 38.3 Å². The summed E-state index contributed by atoms with van der Waals surface area (Å²) in [5, 5.41) is 6.49. The van der Waals surface area contributed by atoms with Crippen LogP contribution in [0.5, 0.6) is 0 Å². The summed E-state index contributed by atoms with van der Waals surface area (Å²) in [6.07, 6.45) is 8.13. The zero-order valence-electron chi connectivity index (χ0n) is 13.1. The standard InChI is InChI=1S/C17H26N4O/c22-17(20-12-14-3-1-7-19-11-14)15-4-2-10-21(13-15)16-5-8-18-9-6-16/h1,3,7,11,15-16,18H,2,4-6,8-10,12-13H2,(H,20,22)/t15-/m0/s1. The van der Waals surface area contributed by atoms with E-state index in [4.69, 9.17) is 0 Å². The van der Waals surface area contributed by atoms with Gasteiger partial charge in [0.15, 0.2) is 0 Å². The van der Waals surface area contributed by atoms with E-state index < -0.39 is 0 Å². The van der Waals surface area contributed by atoms with Gasteiger partial charge in [-0.1, -0.05) is 6.07 Å². The molecule has 2 aliphatic heterocycles. The quantitative estimate of drug-likeness (QED) is 0.876. The molecule has 2 saturated heterocycles. The number of nitrogens with one attached hydrogen (secondary N) is 2. The normalized spacial score (nSPS) is 24.1. The first-order valence-electron chi connectivity index (χ1n) is 8.44. The van der Waals surface area contributed by atoms with Crippen molar-refractivity contribution < 1.29 is 4.79 Å². The topological polar surface area (TPSA) is 57.3 Å². The Kier molecular flexibility index (Phi) is 5.40. The first-order chi connectivity index (χ1) is 10.8. The second kappa shape index (κ2) is 7.70. The molecule has 22 heavy (non-hydrogen) atoms. The molecule has 5 heteroatoms. The van der Waals surface area contributed by atoms with E-state index in [0.717, 1.165) is 44.6 Å². The van der Waals surface area contributed by atoms with Gasteiger partial charge < -0.3 is 10.6 Å². The highest BCUT2D eigenvalue weighted by molar-refractivity contribution is 5.78. The fourth-order valence-electron chi connectivity index (χ4n) is 3.56. The van der Waals surface area contributed by atoms with E-state index in [0.29, 0.717) is 12.6 Å². The van der Waals surface area contributed by atoms with E-state index in [1.807, 2.05) is 18.3 Å². The van der Waals surface area contributed by atoms with E-state index >= 15 is 0 Å². The number of rotatable bonds is 4. The van der Waals surface area contributed by atoms with Gasteiger partial charge in [-0.05, 0) is 56.9 Å². The van der Waals surface area contributed by atoms with Crippen molar-refractivity contribution in [3.05, 3.63) is 30.1 Å². The summed E-state index contributed by atoms with van der Waals surface area (Å²) in [7, 11) is 0. The molecule has 0 unspecified atom stereocenters. The lowest BCUT2D eigenvalue weighted by molar-refractivity contribution is -0.127. The minimum atomic E-state index is 0.139. The Balaban J connectivity index is 1.49. The van der Waals surface area contributed by atoms with Gasteiger partial charge >= 0.3 is 0 Å². The average molecular weight is 302 g/mol. The number of pyridine rings is 1. The number of carbonyl (C=O) groups excluding carboxylic acids is 1. The van der Waals surface area contributed by atoms with E-state index in [-0.39, 0.29) is 11.8 Å². The number of likely N-dealkylation sites (tertiary alicyclic amines) is 1. The Morgan fingerprint density at radius 2 is 2.23 bits per heavy atom. The van der Waals surface area contributed by atoms with Crippen LogP contribution < -0.4 is 10.6 Å². The average Bonchev–Trinajstić information content (AvgIpc) is 2.61. The first kappa shape index (κ1) is 15.4. The second-order valence-electron chi connectivity index (χ2n) is 6.39. The van der Waals surface area contributed by atoms with Crippen molar-refractivity contribution in [3.63, 3.8) is 0 Å². The third-order valence-corrected chi connectivity index (χ3v) is 4.84. The molecule has 120 valence electrons. The number of amides is 1. The molecule has 3 rings (SSSR count). The lowest BCUT2D eigenvalue weighted by Gasteiger charge is -2.39. The number of nitrogens with zero attached hydrogens (tertiary/aromatic N) is 2. The molecular formula is C17H26N4O. The van der Waals surface area contributed by atoms with E-state index in [1.54, 1.807) is 6.20 Å². The van der Waals surface area contributed by atoms with Crippen LogP contribution in [0.3, 0.4) is 0 Å². The molecule has 1 amide bonds. The molecule has 2 N–H and O–H groups in total. The Hall–Kier alpha value is -1.46. The summed E-state index contributed by atoms with van der Waals surface area (Å²) in [5.41, 5.74) is 1.06.